The predicted octanol–water partition coefficient (Wildman–Crippen LogP) is 0.463. The minimum absolute atomic E-state index is 0.561. The van der Waals surface area contributed by atoms with E-state index in [0.717, 1.165) is 25.3 Å². The summed E-state index contributed by atoms with van der Waals surface area (Å²) in [4.78, 5) is 2.39. The molecule has 4 heteroatoms. The lowest BCUT2D eigenvalue weighted by molar-refractivity contribution is 0.104. The van der Waals surface area contributed by atoms with Crippen LogP contribution in [0.3, 0.4) is 0 Å². The Kier molecular flexibility index (Phi) is 1.84. The van der Waals surface area contributed by atoms with Gasteiger partial charge in [-0.25, -0.2) is 4.68 Å². The van der Waals surface area contributed by atoms with Crippen LogP contribution in [-0.2, 0) is 0 Å². The Morgan fingerprint density at radius 1 is 1.58 bits per heavy atom. The van der Waals surface area contributed by atoms with Gasteiger partial charge in [-0.15, -0.1) is 5.10 Å². The van der Waals surface area contributed by atoms with E-state index in [0.29, 0.717) is 6.04 Å². The van der Waals surface area contributed by atoms with Crippen molar-refractivity contribution in [3.05, 3.63) is 11.9 Å². The smallest absolute Gasteiger partial charge is 0.0796 e. The molecule has 0 amide bonds. The molecule has 0 unspecified atom stereocenters. The molecule has 2 rings (SSSR count). The van der Waals surface area contributed by atoms with Crippen molar-refractivity contribution in [2.45, 2.75) is 19.9 Å². The van der Waals surface area contributed by atoms with Crippen LogP contribution >= 0.6 is 0 Å². The highest BCUT2D eigenvalue weighted by molar-refractivity contribution is 4.92. The third-order valence-electron chi connectivity index (χ3n) is 2.38. The van der Waals surface area contributed by atoms with Crippen molar-refractivity contribution < 1.29 is 0 Å². The average Bonchev–Trinajstić information content (AvgIpc) is 2.34. The first kappa shape index (κ1) is 7.73. The topological polar surface area (TPSA) is 34.0 Å². The van der Waals surface area contributed by atoms with Gasteiger partial charge in [-0.05, 0) is 13.5 Å². The maximum absolute atomic E-state index is 4.05. The van der Waals surface area contributed by atoms with Gasteiger partial charge in [-0.3, -0.25) is 4.90 Å². The molecular weight excluding hydrogens is 152 g/mol. The molecular formula is C8H14N4. The van der Waals surface area contributed by atoms with Gasteiger partial charge in [0.15, 0.2) is 0 Å². The Bertz CT molecular complexity index is 262. The van der Waals surface area contributed by atoms with Gasteiger partial charge in [0.05, 0.1) is 11.7 Å². The molecule has 1 fully saturated rings. The van der Waals surface area contributed by atoms with Crippen LogP contribution in [-0.4, -0.2) is 39.5 Å². The molecule has 1 aliphatic rings. The molecule has 0 aromatic carbocycles. The summed E-state index contributed by atoms with van der Waals surface area (Å²) in [7, 11) is 0. The fourth-order valence-corrected chi connectivity index (χ4v) is 1.51. The summed E-state index contributed by atoms with van der Waals surface area (Å²) in [6, 6.07) is 0.561. The lowest BCUT2D eigenvalue weighted by Crippen LogP contribution is -2.47. The molecule has 0 radical (unpaired) electrons. The fourth-order valence-electron chi connectivity index (χ4n) is 1.51. The van der Waals surface area contributed by atoms with E-state index in [1.807, 2.05) is 17.8 Å². The largest absolute Gasteiger partial charge is 0.299 e. The van der Waals surface area contributed by atoms with Crippen LogP contribution < -0.4 is 0 Å². The Labute approximate surface area is 72.2 Å². The molecule has 4 nitrogen and oxygen atoms in total. The standard InChI is InChI=1S/C8H14N4/c1-3-11-5-8(6-11)12-4-7(2)9-10-12/h4,8H,3,5-6H2,1-2H3. The second-order valence-electron chi connectivity index (χ2n) is 3.35. The van der Waals surface area contributed by atoms with Crippen molar-refractivity contribution in [2.24, 2.45) is 0 Å². The molecule has 1 saturated heterocycles. The van der Waals surface area contributed by atoms with Crippen LogP contribution in [0.15, 0.2) is 6.20 Å². The third kappa shape index (κ3) is 1.22. The van der Waals surface area contributed by atoms with Gasteiger partial charge in [-0.1, -0.05) is 12.1 Å². The molecule has 1 aliphatic heterocycles. The monoisotopic (exact) mass is 166 g/mol. The molecule has 0 aliphatic carbocycles. The van der Waals surface area contributed by atoms with Gasteiger partial charge in [0.25, 0.3) is 0 Å². The van der Waals surface area contributed by atoms with E-state index in [1.54, 1.807) is 0 Å². The average molecular weight is 166 g/mol. The number of aryl methyl sites for hydroxylation is 1. The highest BCUT2D eigenvalue weighted by Crippen LogP contribution is 2.18. The Balaban J connectivity index is 1.96. The van der Waals surface area contributed by atoms with E-state index in [-0.39, 0.29) is 0 Å². The van der Waals surface area contributed by atoms with Crippen LogP contribution in [0.4, 0.5) is 0 Å². The molecule has 0 atom stereocenters. The van der Waals surface area contributed by atoms with Gasteiger partial charge >= 0.3 is 0 Å². The summed E-state index contributed by atoms with van der Waals surface area (Å²) < 4.78 is 1.97. The van der Waals surface area contributed by atoms with Crippen molar-refractivity contribution >= 4 is 0 Å². The van der Waals surface area contributed by atoms with Gasteiger partial charge in [-0.2, -0.15) is 0 Å². The molecule has 66 valence electrons. The molecule has 2 heterocycles. The summed E-state index contributed by atoms with van der Waals surface area (Å²) in [6.45, 7) is 7.55. The van der Waals surface area contributed by atoms with Crippen molar-refractivity contribution in [3.63, 3.8) is 0 Å². The van der Waals surface area contributed by atoms with Gasteiger partial charge in [0.2, 0.25) is 0 Å². The maximum atomic E-state index is 4.05. The van der Waals surface area contributed by atoms with Crippen LogP contribution in [0, 0.1) is 6.92 Å². The number of nitrogens with zero attached hydrogens (tertiary/aromatic N) is 4. The number of hydrogen-bond donors (Lipinski definition) is 0. The van der Waals surface area contributed by atoms with E-state index >= 15 is 0 Å². The predicted molar refractivity (Wildman–Crippen MR) is 45.9 cm³/mol. The van der Waals surface area contributed by atoms with Crippen LogP contribution in [0.1, 0.15) is 18.7 Å². The van der Waals surface area contributed by atoms with Crippen molar-refractivity contribution in [3.8, 4) is 0 Å². The number of rotatable bonds is 2. The minimum atomic E-state index is 0.561. The molecule has 0 saturated carbocycles. The number of hydrogen-bond acceptors (Lipinski definition) is 3. The molecule has 1 aromatic rings. The van der Waals surface area contributed by atoms with Crippen LogP contribution in [0.25, 0.3) is 0 Å². The zero-order valence-corrected chi connectivity index (χ0v) is 7.56. The Morgan fingerprint density at radius 3 is 2.83 bits per heavy atom. The summed E-state index contributed by atoms with van der Waals surface area (Å²) in [5.74, 6) is 0. The van der Waals surface area contributed by atoms with E-state index in [4.69, 9.17) is 0 Å². The number of aromatic nitrogens is 3. The molecule has 12 heavy (non-hydrogen) atoms. The summed E-state index contributed by atoms with van der Waals surface area (Å²) >= 11 is 0. The Hall–Kier alpha value is -0.900. The van der Waals surface area contributed by atoms with Gasteiger partial charge < -0.3 is 0 Å². The van der Waals surface area contributed by atoms with E-state index in [9.17, 15) is 0 Å². The molecule has 1 aromatic heterocycles. The van der Waals surface area contributed by atoms with Crippen molar-refractivity contribution in [2.75, 3.05) is 19.6 Å². The maximum Gasteiger partial charge on any atom is 0.0796 e. The molecule has 0 N–H and O–H groups in total. The summed E-state index contributed by atoms with van der Waals surface area (Å²) in [5, 5.41) is 8.01. The zero-order chi connectivity index (χ0) is 8.55. The van der Waals surface area contributed by atoms with Gasteiger partial charge in [0.1, 0.15) is 0 Å². The quantitative estimate of drug-likeness (QED) is 0.640. The van der Waals surface area contributed by atoms with Crippen molar-refractivity contribution in [1.29, 1.82) is 0 Å². The second-order valence-corrected chi connectivity index (χ2v) is 3.35. The van der Waals surface area contributed by atoms with Crippen LogP contribution in [0.2, 0.25) is 0 Å². The van der Waals surface area contributed by atoms with E-state index in [2.05, 4.69) is 22.1 Å². The first-order valence-electron chi connectivity index (χ1n) is 4.40. The highest BCUT2D eigenvalue weighted by atomic mass is 15.5. The normalized spacial score (nSPS) is 19.5. The van der Waals surface area contributed by atoms with E-state index in [1.165, 1.54) is 0 Å². The lowest BCUT2D eigenvalue weighted by Gasteiger charge is -2.37. The fraction of sp³-hybridized carbons (Fsp3) is 0.750. The van der Waals surface area contributed by atoms with Crippen LogP contribution in [0.5, 0.6) is 0 Å². The van der Waals surface area contributed by atoms with Crippen molar-refractivity contribution in [1.82, 2.24) is 19.9 Å². The summed E-state index contributed by atoms with van der Waals surface area (Å²) in [6.07, 6.45) is 2.01. The zero-order valence-electron chi connectivity index (χ0n) is 7.56. The second kappa shape index (κ2) is 2.86. The molecule has 0 bridgehead atoms. The number of likely N-dealkylation sites (N-methyl/N-ethyl adjacent to an activating group) is 1. The molecule has 0 spiro atoms. The summed E-state index contributed by atoms with van der Waals surface area (Å²) in [5.41, 5.74) is 1.00. The SMILES string of the molecule is CCN1CC(n2cc(C)nn2)C1. The first-order valence-corrected chi connectivity index (χ1v) is 4.40. The highest BCUT2D eigenvalue weighted by Gasteiger charge is 2.27. The first-order chi connectivity index (χ1) is 5.79. The minimum Gasteiger partial charge on any atom is -0.299 e. The number of likely N-dealkylation sites (tertiary alicyclic amines) is 1. The van der Waals surface area contributed by atoms with E-state index < -0.39 is 0 Å². The Morgan fingerprint density at radius 2 is 2.33 bits per heavy atom. The lowest BCUT2D eigenvalue weighted by atomic mass is 10.1. The third-order valence-corrected chi connectivity index (χ3v) is 2.38. The van der Waals surface area contributed by atoms with Gasteiger partial charge in [0, 0.05) is 19.3 Å².